The molecule has 0 amide bonds. The molecule has 2 heterocycles. The number of ether oxygens (including phenoxy) is 2. The quantitative estimate of drug-likeness (QED) is 0.385. The van der Waals surface area contributed by atoms with Gasteiger partial charge in [-0.1, -0.05) is 44.2 Å². The highest BCUT2D eigenvalue weighted by Crippen LogP contribution is 2.13. The molecule has 0 atom stereocenters. The van der Waals surface area contributed by atoms with Gasteiger partial charge >= 0.3 is 11.9 Å². The van der Waals surface area contributed by atoms with E-state index >= 15 is 0 Å². The van der Waals surface area contributed by atoms with Crippen LogP contribution in [-0.4, -0.2) is 36.1 Å². The zero-order chi connectivity index (χ0) is 20.9. The maximum absolute atomic E-state index is 11.4. The molecular weight excluding hydrogens is 368 g/mol. The van der Waals surface area contributed by atoms with Gasteiger partial charge in [-0.05, 0) is 48.9 Å². The minimum atomic E-state index is -0.397. The normalized spacial score (nSPS) is 10.6. The van der Waals surface area contributed by atoms with Crippen molar-refractivity contribution in [2.24, 2.45) is 0 Å². The molecule has 0 saturated carbocycles. The Morgan fingerprint density at radius 1 is 0.655 bits per heavy atom. The van der Waals surface area contributed by atoms with Crippen molar-refractivity contribution in [2.45, 2.75) is 57.8 Å². The zero-order valence-electron chi connectivity index (χ0n) is 17.4. The number of pyridine rings is 2. The van der Waals surface area contributed by atoms with Gasteiger partial charge in [-0.25, -0.2) is 19.6 Å². The highest BCUT2D eigenvalue weighted by molar-refractivity contribution is 5.87. The van der Waals surface area contributed by atoms with Crippen LogP contribution in [0.4, 0.5) is 0 Å². The Labute approximate surface area is 172 Å². The van der Waals surface area contributed by atoms with E-state index in [4.69, 9.17) is 0 Å². The van der Waals surface area contributed by atoms with Crippen LogP contribution in [0.15, 0.2) is 36.7 Å². The first-order valence-corrected chi connectivity index (χ1v) is 10.2. The zero-order valence-corrected chi connectivity index (χ0v) is 17.4. The van der Waals surface area contributed by atoms with Crippen LogP contribution in [0.3, 0.4) is 0 Å². The molecule has 0 aliphatic heterocycles. The number of carbonyl (C=O) groups is 2. The first kappa shape index (κ1) is 22.5. The summed E-state index contributed by atoms with van der Waals surface area (Å²) in [6, 6.07) is 7.34. The summed E-state index contributed by atoms with van der Waals surface area (Å²) in [5.74, 6) is -0.794. The van der Waals surface area contributed by atoms with Crippen LogP contribution in [0.2, 0.25) is 0 Å². The molecule has 0 saturated heterocycles. The molecule has 0 spiro atoms. The van der Waals surface area contributed by atoms with E-state index in [0.717, 1.165) is 36.8 Å². The number of methoxy groups -OCH3 is 2. The molecule has 0 aromatic carbocycles. The van der Waals surface area contributed by atoms with E-state index in [2.05, 4.69) is 19.4 Å². The highest BCUT2D eigenvalue weighted by atomic mass is 16.5. The number of hydrogen-bond acceptors (Lipinski definition) is 6. The van der Waals surface area contributed by atoms with Crippen molar-refractivity contribution in [1.82, 2.24) is 9.97 Å². The largest absolute Gasteiger partial charge is 0.464 e. The molecule has 0 aliphatic carbocycles. The fourth-order valence-corrected chi connectivity index (χ4v) is 3.14. The molecule has 2 aromatic heterocycles. The van der Waals surface area contributed by atoms with Crippen molar-refractivity contribution in [3.05, 3.63) is 59.2 Å². The number of unbranched alkanes of at least 4 members (excludes halogenated alkanes) is 6. The Kier molecular flexibility index (Phi) is 9.83. The average molecular weight is 399 g/mol. The minimum Gasteiger partial charge on any atom is -0.464 e. The van der Waals surface area contributed by atoms with Gasteiger partial charge in [0.15, 0.2) is 0 Å². The van der Waals surface area contributed by atoms with Gasteiger partial charge in [0.2, 0.25) is 0 Å². The third-order valence-corrected chi connectivity index (χ3v) is 4.87. The molecule has 156 valence electrons. The van der Waals surface area contributed by atoms with Gasteiger partial charge in [0.25, 0.3) is 0 Å². The Morgan fingerprint density at radius 2 is 1.03 bits per heavy atom. The summed E-state index contributed by atoms with van der Waals surface area (Å²) in [4.78, 5) is 31.0. The Bertz CT molecular complexity index is 692. The molecule has 0 bridgehead atoms. The molecule has 6 nitrogen and oxygen atoms in total. The second-order valence-corrected chi connectivity index (χ2v) is 7.06. The van der Waals surface area contributed by atoms with E-state index in [1.807, 2.05) is 12.1 Å². The van der Waals surface area contributed by atoms with E-state index in [1.54, 1.807) is 24.5 Å². The molecule has 29 heavy (non-hydrogen) atoms. The number of hydrogen-bond donors (Lipinski definition) is 0. The van der Waals surface area contributed by atoms with Crippen molar-refractivity contribution < 1.29 is 19.1 Å². The first-order valence-electron chi connectivity index (χ1n) is 10.2. The number of esters is 2. The summed E-state index contributed by atoms with van der Waals surface area (Å²) in [6.45, 7) is 0. The number of nitrogens with zero attached hydrogens (tertiary/aromatic N) is 2. The number of rotatable bonds is 12. The lowest BCUT2D eigenvalue weighted by molar-refractivity contribution is 0.0585. The van der Waals surface area contributed by atoms with E-state index in [1.165, 1.54) is 46.3 Å². The highest BCUT2D eigenvalue weighted by Gasteiger charge is 2.07. The van der Waals surface area contributed by atoms with Crippen LogP contribution in [-0.2, 0) is 22.3 Å². The summed E-state index contributed by atoms with van der Waals surface area (Å²) in [6.07, 6.45) is 13.9. The number of carbonyl (C=O) groups excluding carboxylic acids is 2. The van der Waals surface area contributed by atoms with Crippen molar-refractivity contribution in [1.29, 1.82) is 0 Å². The van der Waals surface area contributed by atoms with Gasteiger partial charge in [-0.2, -0.15) is 0 Å². The van der Waals surface area contributed by atoms with Crippen LogP contribution in [0.25, 0.3) is 0 Å². The minimum absolute atomic E-state index is 0.353. The fraction of sp³-hybridized carbons (Fsp3) is 0.478. The van der Waals surface area contributed by atoms with E-state index in [-0.39, 0.29) is 0 Å². The number of aryl methyl sites for hydroxylation is 2. The summed E-state index contributed by atoms with van der Waals surface area (Å²) in [7, 11) is 2.72. The van der Waals surface area contributed by atoms with Gasteiger partial charge in [0, 0.05) is 12.4 Å². The van der Waals surface area contributed by atoms with Crippen LogP contribution in [0, 0.1) is 0 Å². The van der Waals surface area contributed by atoms with Crippen LogP contribution >= 0.6 is 0 Å². The molecular formula is C23H30N2O4. The van der Waals surface area contributed by atoms with E-state index in [9.17, 15) is 9.59 Å². The lowest BCUT2D eigenvalue weighted by Crippen LogP contribution is -2.04. The lowest BCUT2D eigenvalue weighted by atomic mass is 10.0. The predicted octanol–water partition coefficient (Wildman–Crippen LogP) is 4.57. The predicted molar refractivity (Wildman–Crippen MR) is 111 cm³/mol. The monoisotopic (exact) mass is 398 g/mol. The van der Waals surface area contributed by atoms with Gasteiger partial charge in [0.1, 0.15) is 11.4 Å². The van der Waals surface area contributed by atoms with Gasteiger partial charge in [-0.15, -0.1) is 0 Å². The number of aromatic nitrogens is 2. The van der Waals surface area contributed by atoms with Gasteiger partial charge in [-0.3, -0.25) is 0 Å². The summed E-state index contributed by atoms with van der Waals surface area (Å²) >= 11 is 0. The lowest BCUT2D eigenvalue weighted by Gasteiger charge is -2.04. The average Bonchev–Trinajstić information content (AvgIpc) is 2.77. The second kappa shape index (κ2) is 12.6. The molecule has 0 aliphatic rings. The Hall–Kier alpha value is -2.76. The fourth-order valence-electron chi connectivity index (χ4n) is 3.14. The smallest absolute Gasteiger partial charge is 0.356 e. The van der Waals surface area contributed by atoms with Gasteiger partial charge in [0.05, 0.1) is 14.2 Å². The SMILES string of the molecule is COC(=O)c1ccc(CCCCCCCCCc2ccc(C(=O)OC)nc2)cn1. The van der Waals surface area contributed by atoms with Gasteiger partial charge < -0.3 is 9.47 Å². The maximum atomic E-state index is 11.4. The summed E-state index contributed by atoms with van der Waals surface area (Å²) in [5.41, 5.74) is 3.02. The molecule has 0 fully saturated rings. The van der Waals surface area contributed by atoms with Crippen LogP contribution in [0.5, 0.6) is 0 Å². The van der Waals surface area contributed by atoms with Crippen molar-refractivity contribution in [3.63, 3.8) is 0 Å². The van der Waals surface area contributed by atoms with Crippen molar-refractivity contribution >= 4 is 11.9 Å². The molecule has 0 N–H and O–H groups in total. The molecule has 0 unspecified atom stereocenters. The van der Waals surface area contributed by atoms with Crippen LogP contribution in [0.1, 0.15) is 77.0 Å². The summed E-state index contributed by atoms with van der Waals surface area (Å²) < 4.78 is 9.30. The van der Waals surface area contributed by atoms with E-state index < -0.39 is 11.9 Å². The molecule has 2 rings (SSSR count). The summed E-state index contributed by atoms with van der Waals surface area (Å²) in [5, 5.41) is 0. The second-order valence-electron chi connectivity index (χ2n) is 7.06. The van der Waals surface area contributed by atoms with E-state index in [0.29, 0.717) is 11.4 Å². The van der Waals surface area contributed by atoms with Crippen molar-refractivity contribution in [3.8, 4) is 0 Å². The topological polar surface area (TPSA) is 78.4 Å². The maximum Gasteiger partial charge on any atom is 0.356 e. The van der Waals surface area contributed by atoms with Crippen LogP contribution < -0.4 is 0 Å². The Balaban J connectivity index is 1.50. The molecule has 2 aromatic rings. The molecule has 0 radical (unpaired) electrons. The third-order valence-electron chi connectivity index (χ3n) is 4.87. The molecule has 6 heteroatoms. The Morgan fingerprint density at radius 3 is 1.34 bits per heavy atom. The third kappa shape index (κ3) is 8.02. The standard InChI is InChI=1S/C23H30N2O4/c1-28-22(26)20-14-12-18(16-24-20)10-8-6-4-3-5-7-9-11-19-13-15-21(25-17-19)23(27)29-2/h12-17H,3-11H2,1-2H3. The first-order chi connectivity index (χ1) is 14.1. The van der Waals surface area contributed by atoms with Crippen molar-refractivity contribution in [2.75, 3.05) is 14.2 Å².